The van der Waals surface area contributed by atoms with Crippen LogP contribution in [0.4, 0.5) is 0 Å². The first-order chi connectivity index (χ1) is 12.6. The Bertz CT molecular complexity index is 614. The van der Waals surface area contributed by atoms with Crippen molar-refractivity contribution in [3.05, 3.63) is 24.5 Å². The molecule has 0 saturated carbocycles. The molecule has 1 aromatic rings. The number of likely N-dealkylation sites (tertiary alicyclic amines) is 1. The van der Waals surface area contributed by atoms with Crippen LogP contribution in [0.1, 0.15) is 32.6 Å². The molecule has 0 aromatic carbocycles. The highest BCUT2D eigenvalue weighted by molar-refractivity contribution is 5.85. The number of amides is 2. The van der Waals surface area contributed by atoms with Crippen LogP contribution in [0.25, 0.3) is 0 Å². The molecule has 3 unspecified atom stereocenters. The molecule has 0 spiro atoms. The molecule has 28 heavy (non-hydrogen) atoms. The number of halogens is 2. The van der Waals surface area contributed by atoms with Gasteiger partial charge in [0, 0.05) is 25.8 Å². The second-order valence-corrected chi connectivity index (χ2v) is 7.14. The molecule has 2 aliphatic rings. The minimum Gasteiger partial charge on any atom is -0.479 e. The number of rotatable bonds is 6. The monoisotopic (exact) mass is 432 g/mol. The van der Waals surface area contributed by atoms with Crippen LogP contribution in [0.2, 0.25) is 0 Å². The normalized spacial score (nSPS) is 22.4. The molecule has 3 atom stereocenters. The molecule has 1 aromatic heterocycles. The van der Waals surface area contributed by atoms with Gasteiger partial charge in [-0.1, -0.05) is 0 Å². The Morgan fingerprint density at radius 3 is 2.86 bits per heavy atom. The van der Waals surface area contributed by atoms with Crippen molar-refractivity contribution in [3.8, 4) is 5.75 Å². The maximum Gasteiger partial charge on any atom is 0.263 e. The van der Waals surface area contributed by atoms with Gasteiger partial charge in [-0.05, 0) is 57.2 Å². The van der Waals surface area contributed by atoms with Crippen molar-refractivity contribution in [1.29, 1.82) is 0 Å². The quantitative estimate of drug-likeness (QED) is 0.715. The van der Waals surface area contributed by atoms with E-state index in [1.807, 2.05) is 4.90 Å². The fourth-order valence-electron chi connectivity index (χ4n) is 3.64. The Morgan fingerprint density at radius 1 is 1.36 bits per heavy atom. The zero-order valence-corrected chi connectivity index (χ0v) is 17.8. The number of nitrogens with zero attached hydrogens (tertiary/aromatic N) is 2. The van der Waals surface area contributed by atoms with E-state index in [0.717, 1.165) is 38.8 Å². The number of nitrogens with one attached hydrogen (secondary N) is 2. The van der Waals surface area contributed by atoms with Gasteiger partial charge in [-0.25, -0.2) is 0 Å². The van der Waals surface area contributed by atoms with Crippen LogP contribution >= 0.6 is 24.8 Å². The van der Waals surface area contributed by atoms with Crippen LogP contribution in [0.15, 0.2) is 24.5 Å². The number of piperidine rings is 1. The summed E-state index contributed by atoms with van der Waals surface area (Å²) in [6, 6.07) is 3.53. The van der Waals surface area contributed by atoms with Gasteiger partial charge in [0.05, 0.1) is 12.2 Å². The van der Waals surface area contributed by atoms with Crippen LogP contribution in [0.5, 0.6) is 5.75 Å². The summed E-state index contributed by atoms with van der Waals surface area (Å²) in [6.07, 6.45) is 6.67. The largest absolute Gasteiger partial charge is 0.479 e. The summed E-state index contributed by atoms with van der Waals surface area (Å²) in [4.78, 5) is 30.7. The van der Waals surface area contributed by atoms with Gasteiger partial charge in [0.15, 0.2) is 6.10 Å². The van der Waals surface area contributed by atoms with Gasteiger partial charge in [-0.15, -0.1) is 24.8 Å². The molecule has 158 valence electrons. The lowest BCUT2D eigenvalue weighted by molar-refractivity contribution is -0.139. The van der Waals surface area contributed by atoms with Crippen molar-refractivity contribution in [3.63, 3.8) is 0 Å². The van der Waals surface area contributed by atoms with E-state index in [4.69, 9.17) is 4.74 Å². The Balaban J connectivity index is 0.00000196. The minimum atomic E-state index is -0.546. The molecule has 0 aliphatic carbocycles. The first kappa shape index (κ1) is 24.5. The Morgan fingerprint density at radius 2 is 2.18 bits per heavy atom. The van der Waals surface area contributed by atoms with Crippen molar-refractivity contribution < 1.29 is 14.3 Å². The summed E-state index contributed by atoms with van der Waals surface area (Å²) >= 11 is 0. The first-order valence-corrected chi connectivity index (χ1v) is 9.50. The van der Waals surface area contributed by atoms with E-state index in [1.165, 1.54) is 0 Å². The van der Waals surface area contributed by atoms with Crippen molar-refractivity contribution >= 4 is 36.6 Å². The van der Waals surface area contributed by atoms with Gasteiger partial charge in [0.25, 0.3) is 5.91 Å². The molecule has 0 bridgehead atoms. The van der Waals surface area contributed by atoms with E-state index in [9.17, 15) is 9.59 Å². The Hall–Kier alpha value is -1.57. The standard InChI is InChI=1S/C19H28N4O3.2ClH/c1-14(26-16-6-2-8-20-12-16)19(25)23-10-4-5-15(13-23)11-22-18(24)17-7-3-9-21-17;;/h2,6,8,12,14-15,17,21H,3-5,7,9-11,13H2,1H3,(H,22,24);2*1H. The molecular weight excluding hydrogens is 403 g/mol. The Labute approximate surface area is 178 Å². The lowest BCUT2D eigenvalue weighted by Crippen LogP contribution is -2.49. The van der Waals surface area contributed by atoms with E-state index >= 15 is 0 Å². The zero-order valence-electron chi connectivity index (χ0n) is 16.1. The number of hydrogen-bond acceptors (Lipinski definition) is 5. The smallest absolute Gasteiger partial charge is 0.263 e. The number of pyridine rings is 1. The van der Waals surface area contributed by atoms with Gasteiger partial charge >= 0.3 is 0 Å². The third-order valence-corrected chi connectivity index (χ3v) is 5.07. The van der Waals surface area contributed by atoms with E-state index in [1.54, 1.807) is 31.5 Å². The second kappa shape index (κ2) is 12.1. The summed E-state index contributed by atoms with van der Waals surface area (Å²) in [7, 11) is 0. The highest BCUT2D eigenvalue weighted by Gasteiger charge is 2.29. The first-order valence-electron chi connectivity index (χ1n) is 9.50. The summed E-state index contributed by atoms with van der Waals surface area (Å²) in [6.45, 7) is 4.72. The lowest BCUT2D eigenvalue weighted by Gasteiger charge is -2.34. The topological polar surface area (TPSA) is 83.6 Å². The SMILES string of the molecule is CC(Oc1cccnc1)C(=O)N1CCCC(CNC(=O)C2CCCN2)C1.Cl.Cl. The average molecular weight is 433 g/mol. The predicted octanol–water partition coefficient (Wildman–Crippen LogP) is 1.80. The number of hydrogen-bond donors (Lipinski definition) is 2. The summed E-state index contributed by atoms with van der Waals surface area (Å²) in [5, 5.41) is 6.25. The molecule has 2 saturated heterocycles. The van der Waals surface area contributed by atoms with Crippen LogP contribution < -0.4 is 15.4 Å². The molecular formula is C19H30Cl2N4O3. The Kier molecular flexibility index (Phi) is 10.6. The van der Waals surface area contributed by atoms with Crippen molar-refractivity contribution in [2.75, 3.05) is 26.2 Å². The summed E-state index contributed by atoms with van der Waals surface area (Å²) in [5.74, 6) is 0.962. The van der Waals surface area contributed by atoms with Crippen LogP contribution in [-0.4, -0.2) is 60.0 Å². The number of aromatic nitrogens is 1. The molecule has 0 radical (unpaired) electrons. The van der Waals surface area contributed by atoms with Crippen LogP contribution in [-0.2, 0) is 9.59 Å². The van der Waals surface area contributed by atoms with Crippen molar-refractivity contribution in [2.45, 2.75) is 44.8 Å². The third-order valence-electron chi connectivity index (χ3n) is 5.07. The molecule has 2 fully saturated rings. The van der Waals surface area contributed by atoms with E-state index < -0.39 is 6.10 Å². The van der Waals surface area contributed by atoms with Crippen LogP contribution in [0, 0.1) is 5.92 Å². The van der Waals surface area contributed by atoms with Crippen LogP contribution in [0.3, 0.4) is 0 Å². The van der Waals surface area contributed by atoms with Gasteiger partial charge in [-0.3, -0.25) is 14.6 Å². The molecule has 2 N–H and O–H groups in total. The van der Waals surface area contributed by atoms with Gasteiger partial charge in [-0.2, -0.15) is 0 Å². The number of ether oxygens (including phenoxy) is 1. The van der Waals surface area contributed by atoms with Crippen molar-refractivity contribution in [2.24, 2.45) is 5.92 Å². The van der Waals surface area contributed by atoms with Gasteiger partial charge in [0.2, 0.25) is 5.91 Å². The molecule has 2 aliphatic heterocycles. The van der Waals surface area contributed by atoms with E-state index in [0.29, 0.717) is 24.8 Å². The molecule has 7 nitrogen and oxygen atoms in total. The molecule has 9 heteroatoms. The summed E-state index contributed by atoms with van der Waals surface area (Å²) < 4.78 is 5.70. The van der Waals surface area contributed by atoms with E-state index in [-0.39, 0.29) is 42.7 Å². The predicted molar refractivity (Wildman–Crippen MR) is 112 cm³/mol. The molecule has 3 rings (SSSR count). The lowest BCUT2D eigenvalue weighted by atomic mass is 9.97. The third kappa shape index (κ3) is 6.79. The average Bonchev–Trinajstić information content (AvgIpc) is 3.21. The maximum absolute atomic E-state index is 12.7. The number of carbonyl (C=O) groups excluding carboxylic acids is 2. The maximum atomic E-state index is 12.7. The highest BCUT2D eigenvalue weighted by Crippen LogP contribution is 2.18. The summed E-state index contributed by atoms with van der Waals surface area (Å²) in [5.41, 5.74) is 0. The fraction of sp³-hybridized carbons (Fsp3) is 0.632. The highest BCUT2D eigenvalue weighted by atomic mass is 35.5. The molecule has 3 heterocycles. The van der Waals surface area contributed by atoms with Gasteiger partial charge < -0.3 is 20.3 Å². The molecule has 2 amide bonds. The second-order valence-electron chi connectivity index (χ2n) is 7.14. The minimum absolute atomic E-state index is 0. The van der Waals surface area contributed by atoms with Gasteiger partial charge in [0.1, 0.15) is 5.75 Å². The van der Waals surface area contributed by atoms with Crippen molar-refractivity contribution in [1.82, 2.24) is 20.5 Å². The fourth-order valence-corrected chi connectivity index (χ4v) is 3.64. The zero-order chi connectivity index (χ0) is 18.4. The number of carbonyl (C=O) groups is 2. The van der Waals surface area contributed by atoms with E-state index in [2.05, 4.69) is 15.6 Å².